The third-order valence-electron chi connectivity index (χ3n) is 10.9. The van der Waals surface area contributed by atoms with Crippen LogP contribution in [0.1, 0.15) is 92.6 Å². The largest absolute Gasteiger partial charge is 0.497 e. The van der Waals surface area contributed by atoms with Crippen molar-refractivity contribution in [2.45, 2.75) is 83.2 Å². The number of aromatic nitrogens is 1. The SMILES string of the molecule is COc1ccc2c(c1)N(CC(C)C)CCn1c-2c(C2CCCCC2)c2ccc(C(=O)NC3(C(=O)Nc4ccc(/C=C/C(=O)O)cc4)CCC3)cc21. The van der Waals surface area contributed by atoms with Crippen LogP contribution in [0.15, 0.2) is 66.7 Å². The Hall–Kier alpha value is -5.05. The van der Waals surface area contributed by atoms with Gasteiger partial charge >= 0.3 is 5.97 Å². The molecule has 0 atom stereocenters. The molecule has 0 saturated heterocycles. The summed E-state index contributed by atoms with van der Waals surface area (Å²) < 4.78 is 8.16. The lowest BCUT2D eigenvalue weighted by molar-refractivity contribution is -0.131. The van der Waals surface area contributed by atoms with E-state index in [4.69, 9.17) is 9.84 Å². The van der Waals surface area contributed by atoms with E-state index in [0.717, 1.165) is 56.2 Å². The number of ether oxygens (including phenoxy) is 1. The molecule has 2 saturated carbocycles. The maximum absolute atomic E-state index is 14.0. The fourth-order valence-corrected chi connectivity index (χ4v) is 8.24. The number of rotatable bonds is 10. The minimum Gasteiger partial charge on any atom is -0.497 e. The molecule has 0 bridgehead atoms. The number of aliphatic carboxylic acids is 1. The molecular weight excluding hydrogens is 640 g/mol. The van der Waals surface area contributed by atoms with Crippen LogP contribution in [0, 0.1) is 5.92 Å². The summed E-state index contributed by atoms with van der Waals surface area (Å²) in [4.78, 5) is 41.0. The average molecular weight is 689 g/mol. The van der Waals surface area contributed by atoms with Crippen molar-refractivity contribution in [1.29, 1.82) is 0 Å². The molecule has 2 heterocycles. The van der Waals surface area contributed by atoms with Crippen molar-refractivity contribution >= 4 is 46.1 Å². The molecule has 9 nitrogen and oxygen atoms in total. The minimum atomic E-state index is -1.02. The summed E-state index contributed by atoms with van der Waals surface area (Å²) in [5.41, 5.74) is 6.99. The van der Waals surface area contributed by atoms with E-state index in [2.05, 4.69) is 58.2 Å². The lowest BCUT2D eigenvalue weighted by Crippen LogP contribution is -2.61. The highest BCUT2D eigenvalue weighted by Crippen LogP contribution is 2.48. The Kier molecular flexibility index (Phi) is 9.64. The fourth-order valence-electron chi connectivity index (χ4n) is 8.24. The Balaban J connectivity index is 1.22. The van der Waals surface area contributed by atoms with Gasteiger partial charge in [0.25, 0.3) is 5.91 Å². The first kappa shape index (κ1) is 34.4. The molecule has 4 aromatic rings. The predicted octanol–water partition coefficient (Wildman–Crippen LogP) is 8.23. The quantitative estimate of drug-likeness (QED) is 0.145. The fraction of sp³-hybridized carbons (Fsp3) is 0.405. The van der Waals surface area contributed by atoms with Crippen LogP contribution in [0.5, 0.6) is 5.75 Å². The van der Waals surface area contributed by atoms with Gasteiger partial charge in [0.1, 0.15) is 11.3 Å². The van der Waals surface area contributed by atoms with Crippen molar-refractivity contribution in [2.24, 2.45) is 5.92 Å². The summed E-state index contributed by atoms with van der Waals surface area (Å²) >= 11 is 0. The van der Waals surface area contributed by atoms with Crippen LogP contribution in [0.4, 0.5) is 11.4 Å². The minimum absolute atomic E-state index is 0.245. The molecule has 0 unspecified atom stereocenters. The first-order valence-corrected chi connectivity index (χ1v) is 18.4. The van der Waals surface area contributed by atoms with Crippen LogP contribution in [-0.2, 0) is 16.1 Å². The number of carboxylic acids is 1. The lowest BCUT2D eigenvalue weighted by Gasteiger charge is -2.40. The van der Waals surface area contributed by atoms with Gasteiger partial charge in [0.2, 0.25) is 5.91 Å². The molecule has 0 spiro atoms. The number of anilines is 2. The average Bonchev–Trinajstić information content (AvgIpc) is 3.35. The zero-order chi connectivity index (χ0) is 35.7. The number of hydrogen-bond acceptors (Lipinski definition) is 5. The van der Waals surface area contributed by atoms with Crippen LogP contribution in [0.2, 0.25) is 0 Å². The van der Waals surface area contributed by atoms with Gasteiger partial charge in [-0.05, 0) is 97.5 Å². The second-order valence-electron chi connectivity index (χ2n) is 14.8. The van der Waals surface area contributed by atoms with Gasteiger partial charge in [-0.2, -0.15) is 0 Å². The van der Waals surface area contributed by atoms with Crippen molar-refractivity contribution in [2.75, 3.05) is 30.4 Å². The monoisotopic (exact) mass is 688 g/mol. The topological polar surface area (TPSA) is 113 Å². The van der Waals surface area contributed by atoms with E-state index in [1.807, 2.05) is 12.1 Å². The molecule has 2 aliphatic carbocycles. The van der Waals surface area contributed by atoms with Gasteiger partial charge in [-0.1, -0.05) is 51.3 Å². The molecule has 3 aliphatic rings. The number of carbonyl (C=O) groups is 3. The first-order chi connectivity index (χ1) is 24.7. The molecule has 1 aromatic heterocycles. The second kappa shape index (κ2) is 14.3. The lowest BCUT2D eigenvalue weighted by atomic mass is 9.75. The van der Waals surface area contributed by atoms with Crippen molar-refractivity contribution in [3.8, 4) is 17.0 Å². The third-order valence-corrected chi connectivity index (χ3v) is 10.9. The highest BCUT2D eigenvalue weighted by molar-refractivity contribution is 6.06. The molecule has 3 aromatic carbocycles. The van der Waals surface area contributed by atoms with E-state index in [9.17, 15) is 14.4 Å². The normalized spacial score (nSPS) is 17.1. The Morgan fingerprint density at radius 3 is 2.39 bits per heavy atom. The summed E-state index contributed by atoms with van der Waals surface area (Å²) in [6, 6.07) is 19.5. The van der Waals surface area contributed by atoms with E-state index >= 15 is 0 Å². The predicted molar refractivity (Wildman–Crippen MR) is 203 cm³/mol. The summed E-state index contributed by atoms with van der Waals surface area (Å²) in [6.07, 6.45) is 10.6. The highest BCUT2D eigenvalue weighted by Gasteiger charge is 2.45. The molecular formula is C42H48N4O5. The van der Waals surface area contributed by atoms with Crippen LogP contribution < -0.4 is 20.3 Å². The number of nitrogens with one attached hydrogen (secondary N) is 2. The summed E-state index contributed by atoms with van der Waals surface area (Å²) in [6.45, 7) is 7.09. The highest BCUT2D eigenvalue weighted by atomic mass is 16.5. The van der Waals surface area contributed by atoms with Crippen LogP contribution in [0.25, 0.3) is 28.2 Å². The summed E-state index contributed by atoms with van der Waals surface area (Å²) in [7, 11) is 1.72. The molecule has 0 radical (unpaired) electrons. The van der Waals surface area contributed by atoms with E-state index in [1.165, 1.54) is 53.2 Å². The number of nitrogens with zero attached hydrogens (tertiary/aromatic N) is 2. The zero-order valence-corrected chi connectivity index (χ0v) is 29.8. The second-order valence-corrected chi connectivity index (χ2v) is 14.8. The van der Waals surface area contributed by atoms with Gasteiger partial charge in [0, 0.05) is 65.2 Å². The number of benzene rings is 3. The van der Waals surface area contributed by atoms with E-state index in [0.29, 0.717) is 41.5 Å². The van der Waals surface area contributed by atoms with Crippen LogP contribution in [-0.4, -0.2) is 53.2 Å². The van der Waals surface area contributed by atoms with E-state index in [-0.39, 0.29) is 11.8 Å². The molecule has 1 aliphatic heterocycles. The number of hydrogen-bond donors (Lipinski definition) is 3. The Morgan fingerprint density at radius 1 is 0.961 bits per heavy atom. The maximum atomic E-state index is 14.0. The van der Waals surface area contributed by atoms with Gasteiger partial charge in [-0.15, -0.1) is 0 Å². The third kappa shape index (κ3) is 6.86. The van der Waals surface area contributed by atoms with Crippen molar-refractivity contribution in [3.05, 3.63) is 83.4 Å². The number of amides is 2. The number of carboxylic acid groups (broad SMARTS) is 1. The van der Waals surface area contributed by atoms with Crippen molar-refractivity contribution in [1.82, 2.24) is 9.88 Å². The van der Waals surface area contributed by atoms with Crippen LogP contribution >= 0.6 is 0 Å². The maximum Gasteiger partial charge on any atom is 0.328 e. The van der Waals surface area contributed by atoms with Gasteiger partial charge < -0.3 is 29.9 Å². The molecule has 2 amide bonds. The number of fused-ring (bicyclic) bond motifs is 5. The Bertz CT molecular complexity index is 1980. The Labute approximate surface area is 299 Å². The molecule has 3 N–H and O–H groups in total. The molecule has 7 rings (SSSR count). The van der Waals surface area contributed by atoms with Crippen molar-refractivity contribution < 1.29 is 24.2 Å². The first-order valence-electron chi connectivity index (χ1n) is 18.4. The van der Waals surface area contributed by atoms with Gasteiger partial charge in [-0.3, -0.25) is 9.59 Å². The van der Waals surface area contributed by atoms with Gasteiger partial charge in [-0.25, -0.2) is 4.79 Å². The van der Waals surface area contributed by atoms with Gasteiger partial charge in [0.05, 0.1) is 12.8 Å². The number of methoxy groups -OCH3 is 1. The molecule has 266 valence electrons. The van der Waals surface area contributed by atoms with E-state index in [1.54, 1.807) is 31.4 Å². The van der Waals surface area contributed by atoms with E-state index < -0.39 is 11.5 Å². The van der Waals surface area contributed by atoms with Gasteiger partial charge in [0.15, 0.2) is 0 Å². The standard InChI is InChI=1S/C42H48N4O5/c1-27(2)26-45-22-23-46-36-24-30(40(49)44-42(20-7-21-42)41(50)43-31-14-10-28(11-15-31)12-19-37(47)48)13-17-33(36)38(29-8-5-4-6-9-29)39(46)34-18-16-32(51-3)25-35(34)45/h10-19,24-25,27,29H,4-9,20-23,26H2,1-3H3,(H,43,50)(H,44,49)(H,47,48)/b19-12+. The zero-order valence-electron chi connectivity index (χ0n) is 29.8. The Morgan fingerprint density at radius 2 is 1.73 bits per heavy atom. The summed E-state index contributed by atoms with van der Waals surface area (Å²) in [5, 5.41) is 16.2. The molecule has 51 heavy (non-hydrogen) atoms. The smallest absolute Gasteiger partial charge is 0.328 e. The van der Waals surface area contributed by atoms with Crippen molar-refractivity contribution in [3.63, 3.8) is 0 Å². The van der Waals surface area contributed by atoms with Crippen LogP contribution in [0.3, 0.4) is 0 Å². The number of carbonyl (C=O) groups excluding carboxylic acids is 2. The molecule has 2 fully saturated rings. The molecule has 9 heteroatoms. The summed E-state index contributed by atoms with van der Waals surface area (Å²) in [5.74, 6) is 0.270.